The number of nitrogens with zero attached hydrogens (tertiary/aromatic N) is 1. The molecule has 15 heavy (non-hydrogen) atoms. The van der Waals surface area contributed by atoms with E-state index in [2.05, 4.69) is 31.0 Å². The Morgan fingerprint density at radius 2 is 1.73 bits per heavy atom. The molecule has 1 aromatic heterocycles. The molecule has 0 N–H and O–H groups in total. The van der Waals surface area contributed by atoms with Crippen LogP contribution in [-0.4, -0.2) is 4.98 Å². The number of rotatable bonds is 1. The number of aromatic nitrogens is 1. The quantitative estimate of drug-likeness (QED) is 0.683. The zero-order chi connectivity index (χ0) is 11.3. The standard InChI is InChI=1S/C12H15N.C2H6/c1-9(2)12-8-13-7-10-5-3-4-6-11(10)12;1-2/h5-9H,3-4H2,1-2H3;1-2H3. The van der Waals surface area contributed by atoms with Gasteiger partial charge < -0.3 is 0 Å². The molecule has 0 aliphatic heterocycles. The first kappa shape index (κ1) is 12.0. The zero-order valence-corrected chi connectivity index (χ0v) is 10.2. The van der Waals surface area contributed by atoms with Crippen LogP contribution in [0.1, 0.15) is 52.0 Å². The summed E-state index contributed by atoms with van der Waals surface area (Å²) in [6.45, 7) is 8.44. The van der Waals surface area contributed by atoms with Crippen LogP contribution in [0.5, 0.6) is 0 Å². The predicted molar refractivity (Wildman–Crippen MR) is 67.1 cm³/mol. The van der Waals surface area contributed by atoms with Crippen molar-refractivity contribution in [3.63, 3.8) is 0 Å². The molecule has 1 aliphatic carbocycles. The molecule has 0 saturated carbocycles. The van der Waals surface area contributed by atoms with Crippen LogP contribution in [0.2, 0.25) is 0 Å². The van der Waals surface area contributed by atoms with Crippen molar-refractivity contribution in [2.45, 2.75) is 46.5 Å². The normalized spacial score (nSPS) is 13.1. The van der Waals surface area contributed by atoms with Gasteiger partial charge in [-0.25, -0.2) is 0 Å². The molecular formula is C14H21N. The van der Waals surface area contributed by atoms with Gasteiger partial charge in [-0.3, -0.25) is 4.98 Å². The Labute approximate surface area is 92.6 Å². The Morgan fingerprint density at radius 1 is 1.07 bits per heavy atom. The SMILES string of the molecule is CC.CC(C)c1cncc2c1=CCCC=2. The minimum atomic E-state index is 0.574. The van der Waals surface area contributed by atoms with Gasteiger partial charge in [0.05, 0.1) is 0 Å². The third-order valence-corrected chi connectivity index (χ3v) is 2.55. The van der Waals surface area contributed by atoms with Gasteiger partial charge >= 0.3 is 0 Å². The molecule has 1 aliphatic rings. The lowest BCUT2D eigenvalue weighted by molar-refractivity contribution is 0.843. The van der Waals surface area contributed by atoms with Gasteiger partial charge in [-0.1, -0.05) is 39.8 Å². The van der Waals surface area contributed by atoms with Gasteiger partial charge in [0.2, 0.25) is 0 Å². The van der Waals surface area contributed by atoms with E-state index in [1.807, 2.05) is 26.2 Å². The maximum absolute atomic E-state index is 4.27. The molecule has 0 aromatic carbocycles. The summed E-state index contributed by atoms with van der Waals surface area (Å²) in [5.74, 6) is 0.574. The van der Waals surface area contributed by atoms with E-state index in [1.165, 1.54) is 22.4 Å². The van der Waals surface area contributed by atoms with Crippen molar-refractivity contribution in [1.29, 1.82) is 0 Å². The lowest BCUT2D eigenvalue weighted by Gasteiger charge is -2.08. The van der Waals surface area contributed by atoms with Crippen LogP contribution in [0.15, 0.2) is 12.4 Å². The van der Waals surface area contributed by atoms with Gasteiger partial charge in [0, 0.05) is 12.4 Å². The van der Waals surface area contributed by atoms with Gasteiger partial charge in [0.15, 0.2) is 0 Å². The maximum Gasteiger partial charge on any atom is 0.0343 e. The fourth-order valence-corrected chi connectivity index (χ4v) is 1.83. The average molecular weight is 203 g/mol. The largest absolute Gasteiger partial charge is 0.264 e. The summed E-state index contributed by atoms with van der Waals surface area (Å²) < 4.78 is 0. The van der Waals surface area contributed by atoms with Gasteiger partial charge in [0.25, 0.3) is 0 Å². The lowest BCUT2D eigenvalue weighted by Crippen LogP contribution is -2.31. The summed E-state index contributed by atoms with van der Waals surface area (Å²) in [5, 5.41) is 2.73. The molecule has 0 unspecified atom stereocenters. The van der Waals surface area contributed by atoms with Crippen molar-refractivity contribution in [2.75, 3.05) is 0 Å². The number of pyridine rings is 1. The molecule has 1 heterocycles. The highest BCUT2D eigenvalue weighted by molar-refractivity contribution is 5.40. The van der Waals surface area contributed by atoms with Crippen molar-refractivity contribution in [2.24, 2.45) is 0 Å². The highest BCUT2D eigenvalue weighted by Gasteiger charge is 2.03. The van der Waals surface area contributed by atoms with Crippen LogP contribution in [0.25, 0.3) is 12.2 Å². The highest BCUT2D eigenvalue weighted by atomic mass is 14.6. The smallest absolute Gasteiger partial charge is 0.0343 e. The van der Waals surface area contributed by atoms with Crippen LogP contribution in [0, 0.1) is 0 Å². The molecule has 0 fully saturated rings. The third kappa shape index (κ3) is 2.68. The van der Waals surface area contributed by atoms with E-state index in [-0.39, 0.29) is 0 Å². The summed E-state index contributed by atoms with van der Waals surface area (Å²) >= 11 is 0. The Hall–Kier alpha value is -1.11. The minimum Gasteiger partial charge on any atom is -0.264 e. The monoisotopic (exact) mass is 203 g/mol. The van der Waals surface area contributed by atoms with Gasteiger partial charge in [-0.15, -0.1) is 0 Å². The molecule has 0 radical (unpaired) electrons. The molecule has 2 rings (SSSR count). The topological polar surface area (TPSA) is 12.9 Å². The van der Waals surface area contributed by atoms with E-state index >= 15 is 0 Å². The minimum absolute atomic E-state index is 0.574. The van der Waals surface area contributed by atoms with Crippen LogP contribution in [0.4, 0.5) is 0 Å². The molecule has 1 heteroatoms. The Kier molecular flexibility index (Phi) is 4.54. The predicted octanol–water partition coefficient (Wildman–Crippen LogP) is 2.59. The van der Waals surface area contributed by atoms with Crippen molar-refractivity contribution < 1.29 is 0 Å². The molecule has 1 nitrogen and oxygen atoms in total. The van der Waals surface area contributed by atoms with Crippen LogP contribution >= 0.6 is 0 Å². The zero-order valence-electron chi connectivity index (χ0n) is 10.2. The average Bonchev–Trinajstić information content (AvgIpc) is 2.31. The van der Waals surface area contributed by atoms with E-state index in [1.54, 1.807) is 0 Å². The first-order valence-corrected chi connectivity index (χ1v) is 5.93. The molecule has 0 spiro atoms. The molecule has 0 saturated heterocycles. The van der Waals surface area contributed by atoms with E-state index in [0.29, 0.717) is 5.92 Å². The second kappa shape index (κ2) is 5.69. The first-order chi connectivity index (χ1) is 7.29. The van der Waals surface area contributed by atoms with Gasteiger partial charge in [0.1, 0.15) is 0 Å². The molecule has 0 amide bonds. The summed E-state index contributed by atoms with van der Waals surface area (Å²) in [5.41, 5.74) is 1.38. The van der Waals surface area contributed by atoms with E-state index in [4.69, 9.17) is 0 Å². The number of fused-ring (bicyclic) bond motifs is 1. The fourth-order valence-electron chi connectivity index (χ4n) is 1.83. The van der Waals surface area contributed by atoms with Crippen molar-refractivity contribution in [1.82, 2.24) is 4.98 Å². The molecule has 1 aromatic rings. The second-order valence-electron chi connectivity index (χ2n) is 3.87. The molecule has 0 bridgehead atoms. The van der Waals surface area contributed by atoms with Crippen molar-refractivity contribution >= 4 is 12.2 Å². The molecular weight excluding hydrogens is 182 g/mol. The second-order valence-corrected chi connectivity index (χ2v) is 3.87. The van der Waals surface area contributed by atoms with Gasteiger partial charge in [-0.2, -0.15) is 0 Å². The highest BCUT2D eigenvalue weighted by Crippen LogP contribution is 2.07. The Balaban J connectivity index is 0.000000531. The number of hydrogen-bond donors (Lipinski definition) is 0. The van der Waals surface area contributed by atoms with Crippen LogP contribution in [0.3, 0.4) is 0 Å². The summed E-state index contributed by atoms with van der Waals surface area (Å²) in [7, 11) is 0. The summed E-state index contributed by atoms with van der Waals surface area (Å²) in [4.78, 5) is 4.27. The van der Waals surface area contributed by atoms with Crippen molar-refractivity contribution in [3.8, 4) is 0 Å². The summed E-state index contributed by atoms with van der Waals surface area (Å²) in [6, 6.07) is 0. The lowest BCUT2D eigenvalue weighted by atomic mass is 9.99. The van der Waals surface area contributed by atoms with Crippen molar-refractivity contribution in [3.05, 3.63) is 28.4 Å². The van der Waals surface area contributed by atoms with E-state index in [9.17, 15) is 0 Å². The molecule has 82 valence electrons. The van der Waals surface area contributed by atoms with E-state index < -0.39 is 0 Å². The van der Waals surface area contributed by atoms with E-state index in [0.717, 1.165) is 6.42 Å². The third-order valence-electron chi connectivity index (χ3n) is 2.55. The summed E-state index contributed by atoms with van der Waals surface area (Å²) in [6.07, 6.45) is 10.9. The van der Waals surface area contributed by atoms with Crippen LogP contribution < -0.4 is 10.4 Å². The molecule has 0 atom stereocenters. The first-order valence-electron chi connectivity index (χ1n) is 5.93. The Morgan fingerprint density at radius 3 is 2.40 bits per heavy atom. The maximum atomic E-state index is 4.27. The Bertz CT molecular complexity index is 415. The fraction of sp³-hybridized carbons (Fsp3) is 0.500. The number of hydrogen-bond acceptors (Lipinski definition) is 1. The van der Waals surface area contributed by atoms with Crippen LogP contribution in [-0.2, 0) is 0 Å². The van der Waals surface area contributed by atoms with Gasteiger partial charge in [-0.05, 0) is 34.8 Å².